The van der Waals surface area contributed by atoms with Gasteiger partial charge in [-0.3, -0.25) is 9.59 Å². The van der Waals surface area contributed by atoms with Crippen LogP contribution in [0.2, 0.25) is 0 Å². The molecular weight excluding hydrogens is 382 g/mol. The molecule has 1 aliphatic carbocycles. The number of carbonyl (C=O) groups is 2. The van der Waals surface area contributed by atoms with Crippen LogP contribution < -0.4 is 20.1 Å². The summed E-state index contributed by atoms with van der Waals surface area (Å²) in [5.74, 6) is 0.613. The third kappa shape index (κ3) is 3.96. The normalized spacial score (nSPS) is 15.3. The molecule has 2 amide bonds. The van der Waals surface area contributed by atoms with Gasteiger partial charge in [-0.1, -0.05) is 24.3 Å². The summed E-state index contributed by atoms with van der Waals surface area (Å²) in [4.78, 5) is 28.0. The molecule has 7 nitrogen and oxygen atoms in total. The van der Waals surface area contributed by atoms with E-state index in [-0.39, 0.29) is 24.4 Å². The Balaban J connectivity index is 1.39. The molecular formula is C23H25N3O4. The molecule has 0 saturated carbocycles. The van der Waals surface area contributed by atoms with Crippen LogP contribution in [0.5, 0.6) is 11.5 Å². The summed E-state index contributed by atoms with van der Waals surface area (Å²) in [6, 6.07) is 13.5. The Kier molecular flexibility index (Phi) is 5.61. The largest absolute Gasteiger partial charge is 0.493 e. The van der Waals surface area contributed by atoms with E-state index in [0.29, 0.717) is 17.2 Å². The van der Waals surface area contributed by atoms with Gasteiger partial charge in [-0.15, -0.1) is 0 Å². The molecule has 0 spiro atoms. The fourth-order valence-electron chi connectivity index (χ4n) is 3.99. The van der Waals surface area contributed by atoms with Gasteiger partial charge in [0.05, 0.1) is 26.8 Å². The van der Waals surface area contributed by atoms with Crippen molar-refractivity contribution in [2.75, 3.05) is 20.8 Å². The second-order valence-electron chi connectivity index (χ2n) is 7.37. The SMILES string of the molecule is COc1cc2cc(C(=O)NCC(=O)NC3CCCc4ccccc43)[nH]c2cc1OC. The summed E-state index contributed by atoms with van der Waals surface area (Å²) in [6.45, 7) is -0.0838. The third-order valence-electron chi connectivity index (χ3n) is 5.48. The fraction of sp³-hybridized carbons (Fsp3) is 0.304. The number of aryl methyl sites for hydroxylation is 1. The first kappa shape index (κ1) is 19.8. The number of ether oxygens (including phenoxy) is 2. The van der Waals surface area contributed by atoms with Crippen molar-refractivity contribution < 1.29 is 19.1 Å². The Morgan fingerprint density at radius 3 is 2.67 bits per heavy atom. The summed E-state index contributed by atoms with van der Waals surface area (Å²) in [7, 11) is 3.12. The molecule has 1 unspecified atom stereocenters. The monoisotopic (exact) mass is 407 g/mol. The number of hydrogen-bond acceptors (Lipinski definition) is 4. The molecule has 2 aromatic carbocycles. The molecule has 0 saturated heterocycles. The van der Waals surface area contributed by atoms with E-state index >= 15 is 0 Å². The zero-order chi connectivity index (χ0) is 21.1. The average Bonchev–Trinajstić information content (AvgIpc) is 3.19. The summed E-state index contributed by atoms with van der Waals surface area (Å²) in [5.41, 5.74) is 3.57. The highest BCUT2D eigenvalue weighted by Gasteiger charge is 2.21. The van der Waals surface area contributed by atoms with Crippen LogP contribution in [0, 0.1) is 0 Å². The highest BCUT2D eigenvalue weighted by Crippen LogP contribution is 2.32. The van der Waals surface area contributed by atoms with E-state index < -0.39 is 0 Å². The maximum Gasteiger partial charge on any atom is 0.268 e. The molecule has 1 heterocycles. The van der Waals surface area contributed by atoms with Crippen molar-refractivity contribution in [3.8, 4) is 11.5 Å². The Hall–Kier alpha value is -3.48. The molecule has 7 heteroatoms. The van der Waals surface area contributed by atoms with Crippen LogP contribution in [0.15, 0.2) is 42.5 Å². The van der Waals surface area contributed by atoms with Crippen molar-refractivity contribution in [3.63, 3.8) is 0 Å². The van der Waals surface area contributed by atoms with E-state index in [1.54, 1.807) is 32.4 Å². The third-order valence-corrected chi connectivity index (χ3v) is 5.48. The predicted octanol–water partition coefficient (Wildman–Crippen LogP) is 3.11. The minimum Gasteiger partial charge on any atom is -0.493 e. The van der Waals surface area contributed by atoms with Crippen molar-refractivity contribution in [1.29, 1.82) is 0 Å². The van der Waals surface area contributed by atoms with Crippen molar-refractivity contribution in [2.45, 2.75) is 25.3 Å². The maximum atomic E-state index is 12.5. The molecule has 1 aliphatic rings. The predicted molar refractivity (Wildman–Crippen MR) is 114 cm³/mol. The van der Waals surface area contributed by atoms with Crippen molar-refractivity contribution >= 4 is 22.7 Å². The van der Waals surface area contributed by atoms with Crippen LogP contribution in [0.4, 0.5) is 0 Å². The molecule has 1 aromatic heterocycles. The number of fused-ring (bicyclic) bond motifs is 2. The maximum absolute atomic E-state index is 12.5. The molecule has 4 rings (SSSR count). The number of amides is 2. The molecule has 0 aliphatic heterocycles. The first-order valence-corrected chi connectivity index (χ1v) is 9.99. The molecule has 0 fully saturated rings. The number of hydrogen-bond donors (Lipinski definition) is 3. The lowest BCUT2D eigenvalue weighted by Crippen LogP contribution is -2.39. The van der Waals surface area contributed by atoms with Crippen molar-refractivity contribution in [3.05, 3.63) is 59.3 Å². The number of rotatable bonds is 6. The van der Waals surface area contributed by atoms with E-state index in [2.05, 4.69) is 27.8 Å². The molecule has 0 radical (unpaired) electrons. The number of H-pyrrole nitrogens is 1. The molecule has 0 bridgehead atoms. The van der Waals surface area contributed by atoms with Gasteiger partial charge in [0.2, 0.25) is 5.91 Å². The fourth-order valence-corrected chi connectivity index (χ4v) is 3.99. The van der Waals surface area contributed by atoms with E-state index in [9.17, 15) is 9.59 Å². The van der Waals surface area contributed by atoms with E-state index in [0.717, 1.165) is 30.2 Å². The molecule has 3 N–H and O–H groups in total. The molecule has 3 aromatic rings. The number of carbonyl (C=O) groups excluding carboxylic acids is 2. The highest BCUT2D eigenvalue weighted by atomic mass is 16.5. The van der Waals surface area contributed by atoms with Gasteiger partial charge in [-0.2, -0.15) is 0 Å². The van der Waals surface area contributed by atoms with E-state index in [1.807, 2.05) is 12.1 Å². The molecule has 156 valence electrons. The Morgan fingerprint density at radius 1 is 1.10 bits per heavy atom. The van der Waals surface area contributed by atoms with Crippen LogP contribution in [0.25, 0.3) is 10.9 Å². The summed E-state index contributed by atoms with van der Waals surface area (Å²) < 4.78 is 10.6. The van der Waals surface area contributed by atoms with Gasteiger partial charge in [0, 0.05) is 17.0 Å². The number of methoxy groups -OCH3 is 2. The number of aromatic amines is 1. The smallest absolute Gasteiger partial charge is 0.268 e. The first-order chi connectivity index (χ1) is 14.6. The minimum absolute atomic E-state index is 0.00708. The van der Waals surface area contributed by atoms with Gasteiger partial charge in [-0.05, 0) is 42.5 Å². The zero-order valence-corrected chi connectivity index (χ0v) is 17.1. The van der Waals surface area contributed by atoms with Crippen molar-refractivity contribution in [1.82, 2.24) is 15.6 Å². The lowest BCUT2D eigenvalue weighted by Gasteiger charge is -2.26. The summed E-state index contributed by atoms with van der Waals surface area (Å²) in [5, 5.41) is 6.55. The number of nitrogens with one attached hydrogen (secondary N) is 3. The van der Waals surface area contributed by atoms with Crippen LogP contribution in [-0.2, 0) is 11.2 Å². The van der Waals surface area contributed by atoms with E-state index in [4.69, 9.17) is 9.47 Å². The highest BCUT2D eigenvalue weighted by molar-refractivity contribution is 6.00. The van der Waals surface area contributed by atoms with Crippen LogP contribution in [-0.4, -0.2) is 37.6 Å². The first-order valence-electron chi connectivity index (χ1n) is 9.99. The molecule has 1 atom stereocenters. The number of aromatic nitrogens is 1. The van der Waals surface area contributed by atoms with Gasteiger partial charge in [0.25, 0.3) is 5.91 Å². The lowest BCUT2D eigenvalue weighted by atomic mass is 9.88. The van der Waals surface area contributed by atoms with Gasteiger partial charge in [-0.25, -0.2) is 0 Å². The van der Waals surface area contributed by atoms with Gasteiger partial charge < -0.3 is 25.1 Å². The zero-order valence-electron chi connectivity index (χ0n) is 17.1. The van der Waals surface area contributed by atoms with Crippen LogP contribution >= 0.6 is 0 Å². The second-order valence-corrected chi connectivity index (χ2v) is 7.37. The Morgan fingerprint density at radius 2 is 1.87 bits per heavy atom. The van der Waals surface area contributed by atoms with Gasteiger partial charge >= 0.3 is 0 Å². The lowest BCUT2D eigenvalue weighted by molar-refractivity contribution is -0.121. The topological polar surface area (TPSA) is 92.5 Å². The molecule has 30 heavy (non-hydrogen) atoms. The van der Waals surface area contributed by atoms with Crippen molar-refractivity contribution in [2.24, 2.45) is 0 Å². The number of benzene rings is 2. The average molecular weight is 407 g/mol. The quantitative estimate of drug-likeness (QED) is 0.585. The Bertz CT molecular complexity index is 1050. The second kappa shape index (κ2) is 8.49. The Labute approximate surface area is 174 Å². The minimum atomic E-state index is -0.344. The van der Waals surface area contributed by atoms with Crippen LogP contribution in [0.3, 0.4) is 0 Å². The van der Waals surface area contributed by atoms with Gasteiger partial charge in [0.15, 0.2) is 11.5 Å². The standard InChI is InChI=1S/C23H25N3O4/c1-29-20-11-15-10-19(25-18(15)12-21(20)30-2)23(28)24-13-22(27)26-17-9-5-7-14-6-3-4-8-16(14)17/h3-4,6,8,10-12,17,25H,5,7,9,13H2,1-2H3,(H,24,28)(H,26,27). The summed E-state index contributed by atoms with van der Waals surface area (Å²) in [6.07, 6.45) is 2.98. The van der Waals surface area contributed by atoms with Crippen LogP contribution in [0.1, 0.15) is 40.5 Å². The summed E-state index contributed by atoms with van der Waals surface area (Å²) >= 11 is 0. The van der Waals surface area contributed by atoms with E-state index in [1.165, 1.54) is 11.1 Å². The van der Waals surface area contributed by atoms with Gasteiger partial charge in [0.1, 0.15) is 5.69 Å².